The third kappa shape index (κ3) is 3.39. The molecule has 4 rings (SSSR count). The second-order valence-electron chi connectivity index (χ2n) is 6.23. The van der Waals surface area contributed by atoms with Gasteiger partial charge in [-0.15, -0.1) is 5.10 Å². The van der Waals surface area contributed by atoms with E-state index in [1.807, 2.05) is 19.2 Å². The van der Waals surface area contributed by atoms with Gasteiger partial charge >= 0.3 is 0 Å². The Labute approximate surface area is 152 Å². The standard InChI is InChI=1S/C20H20N6/c1-25-19-18(23-24-25)20(22-15-21-19)26(14-17-10-6-3-7-11-17)13-12-16-8-4-2-5-9-16/h2-11,15H,12-14H2,1H3. The van der Waals surface area contributed by atoms with Crippen LogP contribution in [0.2, 0.25) is 0 Å². The quantitative estimate of drug-likeness (QED) is 0.538. The number of aryl methyl sites for hydroxylation is 1. The van der Waals surface area contributed by atoms with Crippen LogP contribution in [0.4, 0.5) is 5.82 Å². The van der Waals surface area contributed by atoms with Crippen LogP contribution in [0, 0.1) is 0 Å². The molecule has 26 heavy (non-hydrogen) atoms. The lowest BCUT2D eigenvalue weighted by Crippen LogP contribution is -2.26. The van der Waals surface area contributed by atoms with Gasteiger partial charge in [-0.2, -0.15) is 0 Å². The van der Waals surface area contributed by atoms with Gasteiger partial charge in [-0.1, -0.05) is 65.9 Å². The molecular weight excluding hydrogens is 324 g/mol. The van der Waals surface area contributed by atoms with Gasteiger partial charge in [0.15, 0.2) is 17.0 Å². The minimum absolute atomic E-state index is 0.735. The molecule has 0 amide bonds. The van der Waals surface area contributed by atoms with Crippen molar-refractivity contribution in [3.8, 4) is 0 Å². The summed E-state index contributed by atoms with van der Waals surface area (Å²) in [7, 11) is 1.84. The summed E-state index contributed by atoms with van der Waals surface area (Å²) >= 11 is 0. The molecule has 2 heterocycles. The van der Waals surface area contributed by atoms with Gasteiger partial charge in [0.25, 0.3) is 0 Å². The predicted octanol–water partition coefficient (Wildman–Crippen LogP) is 3.01. The van der Waals surface area contributed by atoms with Crippen molar-refractivity contribution in [2.45, 2.75) is 13.0 Å². The molecule has 0 aliphatic rings. The van der Waals surface area contributed by atoms with Crippen LogP contribution in [0.3, 0.4) is 0 Å². The van der Waals surface area contributed by atoms with Gasteiger partial charge in [-0.3, -0.25) is 0 Å². The molecule has 0 saturated carbocycles. The molecule has 4 aromatic rings. The van der Waals surface area contributed by atoms with E-state index in [2.05, 4.69) is 73.7 Å². The van der Waals surface area contributed by atoms with Crippen molar-refractivity contribution in [3.05, 3.63) is 78.1 Å². The van der Waals surface area contributed by atoms with Crippen LogP contribution >= 0.6 is 0 Å². The molecule has 0 bridgehead atoms. The van der Waals surface area contributed by atoms with Crippen LogP contribution in [-0.4, -0.2) is 31.5 Å². The molecule has 0 radical (unpaired) electrons. The van der Waals surface area contributed by atoms with Crippen molar-refractivity contribution in [3.63, 3.8) is 0 Å². The van der Waals surface area contributed by atoms with Crippen molar-refractivity contribution in [1.29, 1.82) is 0 Å². The summed E-state index contributed by atoms with van der Waals surface area (Å²) in [5, 5.41) is 8.38. The normalized spacial score (nSPS) is 11.0. The summed E-state index contributed by atoms with van der Waals surface area (Å²) in [5.41, 5.74) is 4.01. The summed E-state index contributed by atoms with van der Waals surface area (Å²) in [6.45, 7) is 1.60. The molecule has 0 atom stereocenters. The van der Waals surface area contributed by atoms with Gasteiger partial charge in [0.2, 0.25) is 0 Å². The largest absolute Gasteiger partial charge is 0.350 e. The zero-order valence-electron chi connectivity index (χ0n) is 14.7. The number of benzene rings is 2. The fourth-order valence-electron chi connectivity index (χ4n) is 3.04. The third-order valence-electron chi connectivity index (χ3n) is 4.40. The van der Waals surface area contributed by atoms with Gasteiger partial charge < -0.3 is 4.90 Å². The molecular formula is C20H20N6. The Balaban J connectivity index is 1.67. The number of hydrogen-bond donors (Lipinski definition) is 0. The molecule has 130 valence electrons. The summed E-state index contributed by atoms with van der Waals surface area (Å²) in [4.78, 5) is 11.1. The van der Waals surface area contributed by atoms with Gasteiger partial charge in [0.1, 0.15) is 6.33 Å². The number of fused-ring (bicyclic) bond motifs is 1. The topological polar surface area (TPSA) is 59.7 Å². The summed E-state index contributed by atoms with van der Waals surface area (Å²) in [6.07, 6.45) is 2.51. The van der Waals surface area contributed by atoms with Crippen LogP contribution < -0.4 is 4.90 Å². The van der Waals surface area contributed by atoms with E-state index in [1.165, 1.54) is 11.1 Å². The Morgan fingerprint density at radius 2 is 1.58 bits per heavy atom. The van der Waals surface area contributed by atoms with Gasteiger partial charge in [-0.25, -0.2) is 14.6 Å². The van der Waals surface area contributed by atoms with Crippen molar-refractivity contribution in [1.82, 2.24) is 25.0 Å². The molecule has 0 unspecified atom stereocenters. The van der Waals surface area contributed by atoms with E-state index in [0.29, 0.717) is 0 Å². The number of anilines is 1. The summed E-state index contributed by atoms with van der Waals surface area (Å²) in [6, 6.07) is 20.9. The van der Waals surface area contributed by atoms with E-state index >= 15 is 0 Å². The highest BCUT2D eigenvalue weighted by atomic mass is 15.4. The average Bonchev–Trinajstić information content (AvgIpc) is 3.08. The highest BCUT2D eigenvalue weighted by Gasteiger charge is 2.16. The van der Waals surface area contributed by atoms with Crippen molar-refractivity contribution in [2.75, 3.05) is 11.4 Å². The smallest absolute Gasteiger partial charge is 0.183 e. The lowest BCUT2D eigenvalue weighted by atomic mass is 10.1. The van der Waals surface area contributed by atoms with E-state index in [0.717, 1.165) is 36.5 Å². The van der Waals surface area contributed by atoms with Crippen molar-refractivity contribution < 1.29 is 0 Å². The van der Waals surface area contributed by atoms with Crippen LogP contribution in [0.5, 0.6) is 0 Å². The van der Waals surface area contributed by atoms with E-state index in [9.17, 15) is 0 Å². The Hall–Kier alpha value is -3.28. The molecule has 6 nitrogen and oxygen atoms in total. The first-order chi connectivity index (χ1) is 12.8. The van der Waals surface area contributed by atoms with E-state index in [4.69, 9.17) is 0 Å². The fourth-order valence-corrected chi connectivity index (χ4v) is 3.04. The maximum atomic E-state index is 4.53. The maximum Gasteiger partial charge on any atom is 0.183 e. The Morgan fingerprint density at radius 3 is 2.31 bits per heavy atom. The monoisotopic (exact) mass is 344 g/mol. The highest BCUT2D eigenvalue weighted by Crippen LogP contribution is 2.22. The first-order valence-electron chi connectivity index (χ1n) is 8.64. The number of rotatable bonds is 6. The number of aromatic nitrogens is 5. The van der Waals surface area contributed by atoms with Crippen molar-refractivity contribution >= 4 is 17.0 Å². The Bertz CT molecular complexity index is 981. The number of hydrogen-bond acceptors (Lipinski definition) is 5. The van der Waals surface area contributed by atoms with Gasteiger partial charge in [-0.05, 0) is 17.5 Å². The molecule has 0 spiro atoms. The zero-order chi connectivity index (χ0) is 17.8. The summed E-state index contributed by atoms with van der Waals surface area (Å²) < 4.78 is 1.68. The molecule has 0 fully saturated rings. The third-order valence-corrected chi connectivity index (χ3v) is 4.40. The van der Waals surface area contributed by atoms with Crippen LogP contribution in [0.15, 0.2) is 67.0 Å². The lowest BCUT2D eigenvalue weighted by molar-refractivity contribution is 0.729. The van der Waals surface area contributed by atoms with E-state index in [1.54, 1.807) is 11.0 Å². The summed E-state index contributed by atoms with van der Waals surface area (Å²) in [5.74, 6) is 0.822. The first-order valence-corrected chi connectivity index (χ1v) is 8.64. The SMILES string of the molecule is Cn1nnc2c(N(CCc3ccccc3)Cc3ccccc3)ncnc21. The zero-order valence-corrected chi connectivity index (χ0v) is 14.7. The Morgan fingerprint density at radius 1 is 0.885 bits per heavy atom. The minimum atomic E-state index is 0.735. The molecule has 0 aliphatic heterocycles. The molecule has 2 aromatic carbocycles. The van der Waals surface area contributed by atoms with E-state index < -0.39 is 0 Å². The van der Waals surface area contributed by atoms with Crippen LogP contribution in [0.1, 0.15) is 11.1 Å². The highest BCUT2D eigenvalue weighted by molar-refractivity contribution is 5.82. The number of nitrogens with zero attached hydrogens (tertiary/aromatic N) is 6. The van der Waals surface area contributed by atoms with Gasteiger partial charge in [0, 0.05) is 20.1 Å². The molecule has 2 aromatic heterocycles. The Kier molecular flexibility index (Phi) is 4.55. The maximum absolute atomic E-state index is 4.53. The lowest BCUT2D eigenvalue weighted by Gasteiger charge is -2.24. The molecule has 0 saturated heterocycles. The van der Waals surface area contributed by atoms with Crippen LogP contribution in [-0.2, 0) is 20.0 Å². The first kappa shape index (κ1) is 16.2. The second-order valence-corrected chi connectivity index (χ2v) is 6.23. The second kappa shape index (κ2) is 7.31. The fraction of sp³-hybridized carbons (Fsp3) is 0.200. The van der Waals surface area contributed by atoms with Crippen molar-refractivity contribution in [2.24, 2.45) is 7.05 Å². The predicted molar refractivity (Wildman–Crippen MR) is 102 cm³/mol. The molecule has 0 N–H and O–H groups in total. The van der Waals surface area contributed by atoms with E-state index in [-0.39, 0.29) is 0 Å². The average molecular weight is 344 g/mol. The van der Waals surface area contributed by atoms with Crippen LogP contribution in [0.25, 0.3) is 11.2 Å². The minimum Gasteiger partial charge on any atom is -0.350 e. The van der Waals surface area contributed by atoms with Gasteiger partial charge in [0.05, 0.1) is 0 Å². The molecule has 0 aliphatic carbocycles. The molecule has 6 heteroatoms.